The van der Waals surface area contributed by atoms with Crippen molar-refractivity contribution in [2.24, 2.45) is 0 Å². The van der Waals surface area contributed by atoms with Gasteiger partial charge in [-0.3, -0.25) is 20.3 Å². The SMILES string of the molecule is CN(Cc1cccc(C(F)(F)F)c1)C(=O)c1ccccc1/C(=C\C=O)NO. The summed E-state index contributed by atoms with van der Waals surface area (Å²) in [6.45, 7) is -0.0453. The number of hydrogen-bond acceptors (Lipinski definition) is 4. The third kappa shape index (κ3) is 4.95. The predicted octanol–water partition coefficient (Wildman–Crippen LogP) is 3.50. The number of alkyl halides is 3. The second-order valence-electron chi connectivity index (χ2n) is 5.73. The van der Waals surface area contributed by atoms with Crippen molar-refractivity contribution in [3.05, 3.63) is 76.9 Å². The van der Waals surface area contributed by atoms with Crippen LogP contribution in [-0.4, -0.2) is 29.3 Å². The summed E-state index contributed by atoms with van der Waals surface area (Å²) in [5.41, 5.74) is 1.89. The average Bonchev–Trinajstić information content (AvgIpc) is 2.65. The van der Waals surface area contributed by atoms with Crippen molar-refractivity contribution in [2.75, 3.05) is 7.05 Å². The maximum absolute atomic E-state index is 12.8. The van der Waals surface area contributed by atoms with E-state index < -0.39 is 17.6 Å². The molecule has 0 aliphatic heterocycles. The summed E-state index contributed by atoms with van der Waals surface area (Å²) in [5, 5.41) is 9.19. The van der Waals surface area contributed by atoms with Crippen molar-refractivity contribution in [1.82, 2.24) is 10.4 Å². The molecule has 0 heterocycles. The molecule has 2 rings (SSSR count). The first-order chi connectivity index (χ1) is 12.8. The number of amides is 1. The van der Waals surface area contributed by atoms with E-state index in [1.165, 1.54) is 36.2 Å². The van der Waals surface area contributed by atoms with Crippen molar-refractivity contribution in [1.29, 1.82) is 0 Å². The summed E-state index contributed by atoms with van der Waals surface area (Å²) < 4.78 is 38.5. The van der Waals surface area contributed by atoms with Crippen molar-refractivity contribution >= 4 is 17.9 Å². The van der Waals surface area contributed by atoms with E-state index in [4.69, 9.17) is 0 Å². The minimum absolute atomic E-state index is 0.0291. The maximum Gasteiger partial charge on any atom is 0.416 e. The molecule has 0 saturated heterocycles. The molecule has 27 heavy (non-hydrogen) atoms. The van der Waals surface area contributed by atoms with Gasteiger partial charge in [-0.15, -0.1) is 0 Å². The Morgan fingerprint density at radius 3 is 2.41 bits per heavy atom. The van der Waals surface area contributed by atoms with Crippen LogP contribution in [0.2, 0.25) is 0 Å². The van der Waals surface area contributed by atoms with E-state index in [1.54, 1.807) is 12.1 Å². The fourth-order valence-electron chi connectivity index (χ4n) is 2.56. The van der Waals surface area contributed by atoms with Crippen LogP contribution < -0.4 is 5.48 Å². The lowest BCUT2D eigenvalue weighted by Crippen LogP contribution is -2.27. The van der Waals surface area contributed by atoms with Crippen molar-refractivity contribution in [2.45, 2.75) is 12.7 Å². The summed E-state index contributed by atoms with van der Waals surface area (Å²) in [7, 11) is 1.45. The summed E-state index contributed by atoms with van der Waals surface area (Å²) in [6, 6.07) is 11.0. The van der Waals surface area contributed by atoms with Gasteiger partial charge in [0.2, 0.25) is 0 Å². The Morgan fingerprint density at radius 1 is 1.15 bits per heavy atom. The van der Waals surface area contributed by atoms with E-state index in [0.717, 1.165) is 18.2 Å². The van der Waals surface area contributed by atoms with Gasteiger partial charge in [0, 0.05) is 30.8 Å². The number of hydroxylamine groups is 1. The maximum atomic E-state index is 12.8. The topological polar surface area (TPSA) is 69.6 Å². The number of nitrogens with one attached hydrogen (secondary N) is 1. The number of carbonyl (C=O) groups is 2. The molecule has 0 fully saturated rings. The summed E-state index contributed by atoms with van der Waals surface area (Å²) in [6.07, 6.45) is -2.96. The number of allylic oxidation sites excluding steroid dienone is 1. The van der Waals surface area contributed by atoms with Crippen molar-refractivity contribution in [3.63, 3.8) is 0 Å². The highest BCUT2D eigenvalue weighted by atomic mass is 19.4. The second kappa shape index (κ2) is 8.50. The lowest BCUT2D eigenvalue weighted by atomic mass is 10.0. The monoisotopic (exact) mass is 378 g/mol. The molecule has 0 saturated carbocycles. The van der Waals surface area contributed by atoms with Crippen molar-refractivity contribution in [3.8, 4) is 0 Å². The number of halogens is 3. The number of nitrogens with zero attached hydrogens (tertiary/aromatic N) is 1. The zero-order chi connectivity index (χ0) is 20.0. The first kappa shape index (κ1) is 20.2. The number of rotatable bonds is 6. The number of carbonyl (C=O) groups excluding carboxylic acids is 2. The smallest absolute Gasteiger partial charge is 0.337 e. The Kier molecular flexibility index (Phi) is 6.36. The molecular formula is C19H17F3N2O3. The molecule has 0 spiro atoms. The molecule has 1 amide bonds. The van der Waals surface area contributed by atoms with Gasteiger partial charge in [0.1, 0.15) is 6.29 Å². The van der Waals surface area contributed by atoms with Gasteiger partial charge in [-0.1, -0.05) is 30.3 Å². The van der Waals surface area contributed by atoms with E-state index in [-0.39, 0.29) is 23.4 Å². The van der Waals surface area contributed by atoms with Crippen LogP contribution in [-0.2, 0) is 17.5 Å². The van der Waals surface area contributed by atoms with Gasteiger partial charge in [0.15, 0.2) is 0 Å². The van der Waals surface area contributed by atoms with Gasteiger partial charge in [-0.25, -0.2) is 0 Å². The molecule has 0 aliphatic carbocycles. The van der Waals surface area contributed by atoms with Gasteiger partial charge >= 0.3 is 6.18 Å². The Hall–Kier alpha value is -3.13. The molecule has 2 aromatic carbocycles. The van der Waals surface area contributed by atoms with E-state index >= 15 is 0 Å². The van der Waals surface area contributed by atoms with E-state index in [1.807, 2.05) is 5.48 Å². The van der Waals surface area contributed by atoms with E-state index in [9.17, 15) is 28.0 Å². The molecule has 2 aromatic rings. The minimum Gasteiger partial charge on any atom is -0.337 e. The molecule has 0 bridgehead atoms. The number of hydrogen-bond donors (Lipinski definition) is 2. The Morgan fingerprint density at radius 2 is 1.81 bits per heavy atom. The highest BCUT2D eigenvalue weighted by Gasteiger charge is 2.30. The normalized spacial score (nSPS) is 11.8. The quantitative estimate of drug-likeness (QED) is 0.459. The lowest BCUT2D eigenvalue weighted by Gasteiger charge is -2.20. The number of aldehydes is 1. The highest BCUT2D eigenvalue weighted by Crippen LogP contribution is 2.30. The first-order valence-corrected chi connectivity index (χ1v) is 7.84. The summed E-state index contributed by atoms with van der Waals surface area (Å²) in [4.78, 5) is 24.7. The predicted molar refractivity (Wildman–Crippen MR) is 92.6 cm³/mol. The minimum atomic E-state index is -4.47. The van der Waals surface area contributed by atoms with Crippen LogP contribution in [0.1, 0.15) is 27.0 Å². The van der Waals surface area contributed by atoms with Crippen LogP contribution in [0.4, 0.5) is 13.2 Å². The molecule has 0 aliphatic rings. The Bertz CT molecular complexity index is 863. The highest BCUT2D eigenvalue weighted by molar-refractivity contribution is 5.99. The van der Waals surface area contributed by atoms with Gasteiger partial charge in [-0.2, -0.15) is 13.2 Å². The van der Waals surface area contributed by atoms with Crippen LogP contribution in [0.5, 0.6) is 0 Å². The Balaban J connectivity index is 2.29. The lowest BCUT2D eigenvalue weighted by molar-refractivity contribution is -0.137. The van der Waals surface area contributed by atoms with Crippen molar-refractivity contribution < 1.29 is 28.0 Å². The molecule has 0 atom stereocenters. The zero-order valence-electron chi connectivity index (χ0n) is 14.3. The Labute approximate surface area is 153 Å². The molecule has 0 unspecified atom stereocenters. The molecule has 5 nitrogen and oxygen atoms in total. The van der Waals surface area contributed by atoms with Crippen LogP contribution >= 0.6 is 0 Å². The molecule has 0 aromatic heterocycles. The van der Waals surface area contributed by atoms with Gasteiger partial charge in [-0.05, 0) is 23.8 Å². The average molecular weight is 378 g/mol. The number of benzene rings is 2. The summed E-state index contributed by atoms with van der Waals surface area (Å²) >= 11 is 0. The standard InChI is InChI=1S/C19H17F3N2O3/c1-24(12-13-5-4-6-14(11-13)19(20,21)22)18(26)16-8-3-2-7-15(16)17(23-27)9-10-25/h2-11,23,27H,12H2,1H3/b17-9+. The first-order valence-electron chi connectivity index (χ1n) is 7.84. The molecule has 8 heteroatoms. The molecule has 2 N–H and O–H groups in total. The van der Waals surface area contributed by atoms with Gasteiger partial charge in [0.25, 0.3) is 5.91 Å². The third-order valence-electron chi connectivity index (χ3n) is 3.82. The zero-order valence-corrected chi connectivity index (χ0v) is 14.3. The third-order valence-corrected chi connectivity index (χ3v) is 3.82. The van der Waals surface area contributed by atoms with Crippen LogP contribution in [0.3, 0.4) is 0 Å². The molecular weight excluding hydrogens is 361 g/mol. The van der Waals surface area contributed by atoms with E-state index in [0.29, 0.717) is 11.8 Å². The van der Waals surface area contributed by atoms with Crippen LogP contribution in [0.15, 0.2) is 54.6 Å². The summed E-state index contributed by atoms with van der Waals surface area (Å²) in [5.74, 6) is -0.477. The fraction of sp³-hybridized carbons (Fsp3) is 0.158. The largest absolute Gasteiger partial charge is 0.416 e. The van der Waals surface area contributed by atoms with E-state index in [2.05, 4.69) is 0 Å². The second-order valence-corrected chi connectivity index (χ2v) is 5.73. The van der Waals surface area contributed by atoms with Gasteiger partial charge in [0.05, 0.1) is 11.3 Å². The fourth-order valence-corrected chi connectivity index (χ4v) is 2.56. The van der Waals surface area contributed by atoms with Gasteiger partial charge < -0.3 is 4.90 Å². The van der Waals surface area contributed by atoms with Crippen LogP contribution in [0.25, 0.3) is 5.70 Å². The molecule has 142 valence electrons. The molecule has 0 radical (unpaired) electrons. The van der Waals surface area contributed by atoms with Crippen LogP contribution in [0, 0.1) is 0 Å².